The Bertz CT molecular complexity index is 958. The van der Waals surface area contributed by atoms with Crippen LogP contribution in [0.1, 0.15) is 11.5 Å². The number of nitrogens with zero attached hydrogens (tertiary/aromatic N) is 2. The highest BCUT2D eigenvalue weighted by Crippen LogP contribution is 2.42. The molecule has 0 aliphatic carbocycles. The van der Waals surface area contributed by atoms with E-state index in [9.17, 15) is 4.79 Å². The molecule has 2 aromatic rings. The molecule has 0 aromatic heterocycles. The molecule has 2 aliphatic rings. The zero-order chi connectivity index (χ0) is 24.2. The van der Waals surface area contributed by atoms with E-state index in [1.54, 1.807) is 21.3 Å². The van der Waals surface area contributed by atoms with Gasteiger partial charge in [-0.3, -0.25) is 4.90 Å². The number of anilines is 1. The molecule has 0 unspecified atom stereocenters. The third-order valence-corrected chi connectivity index (χ3v) is 7.55. The van der Waals surface area contributed by atoms with Gasteiger partial charge in [-0.1, -0.05) is 28.1 Å². The molecule has 34 heavy (non-hydrogen) atoms. The van der Waals surface area contributed by atoms with Crippen LogP contribution in [0.2, 0.25) is 0 Å². The number of fused-ring (bicyclic) bond motifs is 1. The molecule has 0 radical (unpaired) electrons. The molecule has 3 N–H and O–H groups in total. The minimum Gasteiger partial charge on any atom is -0.497 e. The molecule has 9 heteroatoms. The molecule has 2 fully saturated rings. The van der Waals surface area contributed by atoms with Crippen molar-refractivity contribution in [3.8, 4) is 5.75 Å². The lowest BCUT2D eigenvalue weighted by Gasteiger charge is -2.58. The zero-order valence-corrected chi connectivity index (χ0v) is 21.4. The summed E-state index contributed by atoms with van der Waals surface area (Å²) in [4.78, 5) is 17.6. The molecular formula is C25H33BrN4O4. The van der Waals surface area contributed by atoms with Crippen molar-refractivity contribution in [3.05, 3.63) is 58.6 Å². The summed E-state index contributed by atoms with van der Waals surface area (Å²) in [6.07, 6.45) is -0.429. The maximum absolute atomic E-state index is 13.4. The fourth-order valence-corrected chi connectivity index (χ4v) is 5.43. The molecule has 0 spiro atoms. The van der Waals surface area contributed by atoms with Gasteiger partial charge >= 0.3 is 6.03 Å². The second kappa shape index (κ2) is 11.0. The van der Waals surface area contributed by atoms with E-state index in [-0.39, 0.29) is 36.2 Å². The highest BCUT2D eigenvalue weighted by atomic mass is 79.9. The first-order chi connectivity index (χ1) is 16.5. The van der Waals surface area contributed by atoms with E-state index in [4.69, 9.17) is 19.9 Å². The number of carbonyl (C=O) groups excluding carboxylic acids is 1. The van der Waals surface area contributed by atoms with Crippen molar-refractivity contribution in [2.45, 2.75) is 30.2 Å². The molecule has 0 saturated carbocycles. The van der Waals surface area contributed by atoms with Gasteiger partial charge in [0.1, 0.15) is 11.9 Å². The topological polar surface area (TPSA) is 89.3 Å². The van der Waals surface area contributed by atoms with Crippen LogP contribution in [0.5, 0.6) is 5.75 Å². The van der Waals surface area contributed by atoms with E-state index >= 15 is 0 Å². The second-order valence-electron chi connectivity index (χ2n) is 8.76. The van der Waals surface area contributed by atoms with Gasteiger partial charge < -0.3 is 30.2 Å². The summed E-state index contributed by atoms with van der Waals surface area (Å²) in [6.45, 7) is 2.24. The Morgan fingerprint density at radius 3 is 2.24 bits per heavy atom. The Hall–Kier alpha value is -2.17. The first kappa shape index (κ1) is 24.9. The average Bonchev–Trinajstić information content (AvgIpc) is 2.84. The summed E-state index contributed by atoms with van der Waals surface area (Å²) in [5.41, 5.74) is 8.17. The maximum Gasteiger partial charge on any atom is 0.321 e. The standard InChI is InChI=1S/C25H33BrN4O4/c1-32-19-10-8-18(9-11-19)28-25(31)29-13-21-24(16-4-6-17(26)7-5-16)20(12-27)30(21)15-23(34-3)22(14-29)33-2/h4-11,20-24H,12-15,27H2,1-3H3,(H,28,31)/t20-,21-,22+,23+,24+/m0/s1. The monoisotopic (exact) mass is 532 g/mol. The molecule has 2 saturated heterocycles. The van der Waals surface area contributed by atoms with Gasteiger partial charge in [-0.25, -0.2) is 4.79 Å². The Morgan fingerprint density at radius 1 is 1.00 bits per heavy atom. The number of rotatable bonds is 6. The number of ether oxygens (including phenoxy) is 3. The quantitative estimate of drug-likeness (QED) is 0.594. The third-order valence-electron chi connectivity index (χ3n) is 7.02. The number of nitrogens with one attached hydrogen (secondary N) is 1. The average molecular weight is 533 g/mol. The highest BCUT2D eigenvalue weighted by Gasteiger charge is 2.51. The van der Waals surface area contributed by atoms with Crippen LogP contribution in [-0.2, 0) is 9.47 Å². The van der Waals surface area contributed by atoms with Gasteiger partial charge in [-0.15, -0.1) is 0 Å². The van der Waals surface area contributed by atoms with E-state index in [1.165, 1.54) is 5.56 Å². The lowest BCUT2D eigenvalue weighted by Crippen LogP contribution is -2.71. The summed E-state index contributed by atoms with van der Waals surface area (Å²) in [7, 11) is 4.97. The van der Waals surface area contributed by atoms with E-state index < -0.39 is 0 Å². The number of carbonyl (C=O) groups is 1. The van der Waals surface area contributed by atoms with Crippen molar-refractivity contribution in [1.29, 1.82) is 0 Å². The van der Waals surface area contributed by atoms with Crippen LogP contribution in [0.4, 0.5) is 10.5 Å². The Labute approximate surface area is 209 Å². The molecular weight excluding hydrogens is 500 g/mol. The fourth-order valence-electron chi connectivity index (χ4n) is 5.17. The third kappa shape index (κ3) is 5.08. The predicted molar refractivity (Wildman–Crippen MR) is 135 cm³/mol. The summed E-state index contributed by atoms with van der Waals surface area (Å²) >= 11 is 3.52. The van der Waals surface area contributed by atoms with Crippen molar-refractivity contribution in [1.82, 2.24) is 9.80 Å². The van der Waals surface area contributed by atoms with Crippen LogP contribution in [0, 0.1) is 0 Å². The predicted octanol–water partition coefficient (Wildman–Crippen LogP) is 3.13. The number of halogens is 1. The SMILES string of the molecule is COc1ccc(NC(=O)N2C[C@@H](OC)[C@H](OC)CN3[C@@H](CN)[C@@H](c4ccc(Br)cc4)[C@@H]3C2)cc1. The molecule has 5 atom stereocenters. The normalized spacial score (nSPS) is 27.2. The zero-order valence-electron chi connectivity index (χ0n) is 19.8. The minimum atomic E-state index is -0.252. The first-order valence-corrected chi connectivity index (χ1v) is 12.2. The van der Waals surface area contributed by atoms with Crippen LogP contribution in [0.15, 0.2) is 53.0 Å². The molecule has 184 valence electrons. The molecule has 2 amide bonds. The van der Waals surface area contributed by atoms with Gasteiger partial charge in [0.25, 0.3) is 0 Å². The number of hydrogen-bond donors (Lipinski definition) is 2. The molecule has 2 heterocycles. The molecule has 2 aromatic carbocycles. The molecule has 0 bridgehead atoms. The first-order valence-electron chi connectivity index (χ1n) is 11.5. The largest absolute Gasteiger partial charge is 0.497 e. The van der Waals surface area contributed by atoms with Gasteiger partial charge in [-0.05, 0) is 42.0 Å². The van der Waals surface area contributed by atoms with Crippen molar-refractivity contribution < 1.29 is 19.0 Å². The number of urea groups is 1. The van der Waals surface area contributed by atoms with Crippen LogP contribution < -0.4 is 15.8 Å². The Balaban J connectivity index is 1.60. The summed E-state index contributed by atoms with van der Waals surface area (Å²) in [5.74, 6) is 0.966. The molecule has 2 aliphatic heterocycles. The Morgan fingerprint density at radius 2 is 1.65 bits per heavy atom. The van der Waals surface area contributed by atoms with Gasteiger partial charge in [0.15, 0.2) is 0 Å². The lowest BCUT2D eigenvalue weighted by atomic mass is 9.74. The number of hydrogen-bond acceptors (Lipinski definition) is 6. The van der Waals surface area contributed by atoms with Gasteiger partial charge in [0, 0.05) is 62.0 Å². The summed E-state index contributed by atoms with van der Waals surface area (Å²) < 4.78 is 17.8. The smallest absolute Gasteiger partial charge is 0.321 e. The van der Waals surface area contributed by atoms with E-state index in [0.29, 0.717) is 31.9 Å². The number of methoxy groups -OCH3 is 3. The second-order valence-corrected chi connectivity index (χ2v) is 9.67. The number of benzene rings is 2. The van der Waals surface area contributed by atoms with Crippen molar-refractivity contribution in [3.63, 3.8) is 0 Å². The highest BCUT2D eigenvalue weighted by molar-refractivity contribution is 9.10. The van der Waals surface area contributed by atoms with Crippen LogP contribution in [-0.4, -0.2) is 87.6 Å². The van der Waals surface area contributed by atoms with Crippen molar-refractivity contribution in [2.24, 2.45) is 5.73 Å². The van der Waals surface area contributed by atoms with Crippen molar-refractivity contribution >= 4 is 27.6 Å². The van der Waals surface area contributed by atoms with E-state index in [2.05, 4.69) is 50.4 Å². The lowest BCUT2D eigenvalue weighted by molar-refractivity contribution is -0.119. The molecule has 8 nitrogen and oxygen atoms in total. The number of amides is 2. The van der Waals surface area contributed by atoms with Crippen LogP contribution in [0.25, 0.3) is 0 Å². The number of nitrogens with two attached hydrogens (primary N) is 1. The van der Waals surface area contributed by atoms with E-state index in [1.807, 2.05) is 29.2 Å². The van der Waals surface area contributed by atoms with E-state index in [0.717, 1.165) is 10.2 Å². The van der Waals surface area contributed by atoms with Gasteiger partial charge in [0.2, 0.25) is 0 Å². The van der Waals surface area contributed by atoms with Gasteiger partial charge in [0.05, 0.1) is 19.8 Å². The Kier molecular flexibility index (Phi) is 8.10. The van der Waals surface area contributed by atoms with Crippen LogP contribution in [0.3, 0.4) is 0 Å². The maximum atomic E-state index is 13.4. The molecule has 4 rings (SSSR count). The summed E-state index contributed by atoms with van der Waals surface area (Å²) in [6, 6.07) is 15.8. The van der Waals surface area contributed by atoms with Crippen LogP contribution >= 0.6 is 15.9 Å². The van der Waals surface area contributed by atoms with Crippen molar-refractivity contribution in [2.75, 3.05) is 52.8 Å². The van der Waals surface area contributed by atoms with Gasteiger partial charge in [-0.2, -0.15) is 0 Å². The summed E-state index contributed by atoms with van der Waals surface area (Å²) in [5, 5.41) is 3.02. The minimum absolute atomic E-state index is 0.131. The fraction of sp³-hybridized carbons (Fsp3) is 0.480.